The molecule has 0 aliphatic carbocycles. The first-order valence-corrected chi connectivity index (χ1v) is 12.3. The smallest absolute Gasteiger partial charge is 0.274 e. The molecule has 180 valence electrons. The fourth-order valence-corrected chi connectivity index (χ4v) is 5.47. The number of nitrogens with zero attached hydrogens (tertiary/aromatic N) is 5. The number of amides is 1. The minimum absolute atomic E-state index is 0.165. The average molecular weight is 493 g/mol. The zero-order chi connectivity index (χ0) is 26.8. The van der Waals surface area contributed by atoms with Gasteiger partial charge in [-0.2, -0.15) is 5.10 Å². The number of rotatable bonds is 5. The number of carbonyl (C=O) groups is 1. The fourth-order valence-electron chi connectivity index (χ4n) is 4.76. The van der Waals surface area contributed by atoms with Crippen molar-refractivity contribution in [3.63, 3.8) is 0 Å². The van der Waals surface area contributed by atoms with Gasteiger partial charge >= 0.3 is 0 Å². The van der Waals surface area contributed by atoms with Crippen LogP contribution in [-0.4, -0.2) is 63.0 Å². The maximum Gasteiger partial charge on any atom is 0.274 e. The summed E-state index contributed by atoms with van der Waals surface area (Å²) in [5.74, 6) is 0.715. The maximum atomic E-state index is 14.0. The molecule has 0 N–H and O–H groups in total. The molecule has 1 saturated heterocycles. The minimum atomic E-state index is -2.64. The lowest BCUT2D eigenvalue weighted by Crippen LogP contribution is -2.60. The van der Waals surface area contributed by atoms with Crippen LogP contribution in [0.4, 0.5) is 0 Å². The third-order valence-corrected chi connectivity index (χ3v) is 7.61. The Bertz CT molecular complexity index is 1540. The maximum absolute atomic E-state index is 14.0. The molecule has 1 amide bonds. The van der Waals surface area contributed by atoms with Gasteiger partial charge in [0.1, 0.15) is 5.75 Å². The molecule has 1 fully saturated rings. The summed E-state index contributed by atoms with van der Waals surface area (Å²) in [6.45, 7) is -0.562. The number of likely N-dealkylation sites (N-methyl/N-ethyl adjacent to an activating group) is 1. The lowest BCUT2D eigenvalue weighted by Gasteiger charge is -2.45. The summed E-state index contributed by atoms with van der Waals surface area (Å²) in [7, 11) is 3.50. The average Bonchev–Trinajstić information content (AvgIpc) is 3.60. The first kappa shape index (κ1) is 18.8. The highest BCUT2D eigenvalue weighted by atomic mass is 32.1. The fraction of sp³-hybridized carbons (Fsp3) is 0.346. The molecule has 0 unspecified atom stereocenters. The first-order valence-electron chi connectivity index (χ1n) is 12.9. The van der Waals surface area contributed by atoms with Crippen LogP contribution in [0, 0.1) is 0 Å². The lowest BCUT2D eigenvalue weighted by atomic mass is 9.95. The Hall–Kier alpha value is -3.43. The standard InChI is InChI=1S/C26H27N5O3S/c1-26(14-34-15-26)30(3)25(32)23-19-8-7-16-12-21(33-4)17(18-9-10-29(2)28-18)13-20(16)31(19)24(27-23)22-6-5-11-35-22/h5-6,9-13H,7-8,14-15H2,1-4H3/i3D3. The highest BCUT2D eigenvalue weighted by Crippen LogP contribution is 2.40. The highest BCUT2D eigenvalue weighted by Gasteiger charge is 2.42. The quantitative estimate of drug-likeness (QED) is 0.422. The Labute approximate surface area is 211 Å². The number of benzene rings is 1. The van der Waals surface area contributed by atoms with Crippen molar-refractivity contribution in [1.82, 2.24) is 24.2 Å². The van der Waals surface area contributed by atoms with E-state index in [0.29, 0.717) is 30.1 Å². The van der Waals surface area contributed by atoms with Gasteiger partial charge in [-0.15, -0.1) is 11.3 Å². The van der Waals surface area contributed by atoms with E-state index in [1.54, 1.807) is 18.7 Å². The van der Waals surface area contributed by atoms with E-state index in [0.717, 1.165) is 32.3 Å². The van der Waals surface area contributed by atoms with Gasteiger partial charge in [0.25, 0.3) is 5.91 Å². The number of thiophene rings is 1. The number of aromatic nitrogens is 4. The topological polar surface area (TPSA) is 74.4 Å². The van der Waals surface area contributed by atoms with Crippen LogP contribution in [-0.2, 0) is 24.6 Å². The van der Waals surface area contributed by atoms with Gasteiger partial charge in [0.2, 0.25) is 0 Å². The Balaban J connectivity index is 1.57. The van der Waals surface area contributed by atoms with E-state index in [1.165, 1.54) is 11.3 Å². The van der Waals surface area contributed by atoms with Crippen molar-refractivity contribution in [3.8, 4) is 33.4 Å². The van der Waals surface area contributed by atoms with Crippen molar-refractivity contribution >= 4 is 17.2 Å². The van der Waals surface area contributed by atoms with Crippen molar-refractivity contribution in [3.05, 3.63) is 58.9 Å². The summed E-state index contributed by atoms with van der Waals surface area (Å²) in [5.41, 5.74) is 3.45. The molecule has 0 spiro atoms. The van der Waals surface area contributed by atoms with Gasteiger partial charge in [-0.25, -0.2) is 4.98 Å². The van der Waals surface area contributed by atoms with Crippen LogP contribution in [0.5, 0.6) is 5.75 Å². The van der Waals surface area contributed by atoms with Gasteiger partial charge in [0.15, 0.2) is 11.5 Å². The number of imidazole rings is 1. The van der Waals surface area contributed by atoms with Crippen LogP contribution in [0.2, 0.25) is 0 Å². The summed E-state index contributed by atoms with van der Waals surface area (Å²) in [6, 6.07) is 9.85. The van der Waals surface area contributed by atoms with Crippen molar-refractivity contribution in [2.45, 2.75) is 25.3 Å². The minimum Gasteiger partial charge on any atom is -0.496 e. The predicted molar refractivity (Wildman–Crippen MR) is 134 cm³/mol. The first-order chi connectivity index (χ1) is 18.1. The molecule has 0 radical (unpaired) electrons. The van der Waals surface area contributed by atoms with E-state index in [2.05, 4.69) is 5.10 Å². The number of carbonyl (C=O) groups excluding carboxylic acids is 1. The van der Waals surface area contributed by atoms with E-state index >= 15 is 0 Å². The van der Waals surface area contributed by atoms with E-state index in [-0.39, 0.29) is 18.9 Å². The molecule has 0 bridgehead atoms. The van der Waals surface area contributed by atoms with Crippen LogP contribution < -0.4 is 4.74 Å². The van der Waals surface area contributed by atoms with Crippen LogP contribution in [0.3, 0.4) is 0 Å². The van der Waals surface area contributed by atoms with Gasteiger partial charge in [0, 0.05) is 29.9 Å². The molecule has 1 aromatic carbocycles. The second-order valence-electron chi connectivity index (χ2n) is 9.23. The van der Waals surface area contributed by atoms with Gasteiger partial charge in [-0.1, -0.05) is 6.07 Å². The zero-order valence-electron chi connectivity index (χ0n) is 22.7. The number of aryl methyl sites for hydroxylation is 2. The molecule has 0 saturated carbocycles. The number of hydrogen-bond acceptors (Lipinski definition) is 6. The number of fused-ring (bicyclic) bond motifs is 3. The molecular weight excluding hydrogens is 462 g/mol. The SMILES string of the molecule is [2H]C([2H])([2H])N(C(=O)c1nc(-c2cccs2)n2c1CCc1cc(OC)c(-c3ccn(C)n3)cc1-2)C1(C)COC1. The number of ether oxygens (including phenoxy) is 2. The van der Waals surface area contributed by atoms with Gasteiger partial charge in [-0.05, 0) is 55.0 Å². The third-order valence-electron chi connectivity index (χ3n) is 6.75. The van der Waals surface area contributed by atoms with Crippen molar-refractivity contribution in [2.24, 2.45) is 7.05 Å². The molecule has 2 aliphatic rings. The van der Waals surface area contributed by atoms with E-state index in [1.807, 2.05) is 53.5 Å². The summed E-state index contributed by atoms with van der Waals surface area (Å²) in [4.78, 5) is 20.7. The van der Waals surface area contributed by atoms with Gasteiger partial charge in [-0.3, -0.25) is 14.0 Å². The molecule has 4 aromatic rings. The van der Waals surface area contributed by atoms with E-state index < -0.39 is 18.4 Å². The Morgan fingerprint density at radius 2 is 2.17 bits per heavy atom. The molecule has 6 rings (SSSR count). The van der Waals surface area contributed by atoms with Crippen LogP contribution >= 0.6 is 11.3 Å². The van der Waals surface area contributed by atoms with Crippen molar-refractivity contribution in [2.75, 3.05) is 27.3 Å². The van der Waals surface area contributed by atoms with Gasteiger partial charge in [0.05, 0.1) is 47.8 Å². The summed E-state index contributed by atoms with van der Waals surface area (Å²) in [5, 5.41) is 6.53. The van der Waals surface area contributed by atoms with Crippen molar-refractivity contribution < 1.29 is 18.4 Å². The molecule has 3 aromatic heterocycles. The number of methoxy groups -OCH3 is 1. The molecular formula is C26H27N5O3S. The highest BCUT2D eigenvalue weighted by molar-refractivity contribution is 7.13. The predicted octanol–water partition coefficient (Wildman–Crippen LogP) is 3.97. The second kappa shape index (κ2) is 8.07. The molecule has 5 heterocycles. The van der Waals surface area contributed by atoms with E-state index in [9.17, 15) is 4.79 Å². The third kappa shape index (κ3) is 3.41. The largest absolute Gasteiger partial charge is 0.496 e. The summed E-state index contributed by atoms with van der Waals surface area (Å²) < 4.78 is 39.3. The van der Waals surface area contributed by atoms with E-state index in [4.69, 9.17) is 18.6 Å². The Morgan fingerprint density at radius 3 is 2.80 bits per heavy atom. The normalized spacial score (nSPS) is 17.4. The molecule has 8 nitrogen and oxygen atoms in total. The monoisotopic (exact) mass is 492 g/mol. The van der Waals surface area contributed by atoms with Crippen LogP contribution in [0.1, 0.15) is 32.8 Å². The van der Waals surface area contributed by atoms with Crippen molar-refractivity contribution in [1.29, 1.82) is 0 Å². The van der Waals surface area contributed by atoms with Gasteiger partial charge < -0.3 is 14.4 Å². The lowest BCUT2D eigenvalue weighted by molar-refractivity contribution is -0.108. The molecule has 9 heteroatoms. The number of hydrogen-bond donors (Lipinski definition) is 0. The molecule has 2 aliphatic heterocycles. The zero-order valence-corrected chi connectivity index (χ0v) is 20.6. The summed E-state index contributed by atoms with van der Waals surface area (Å²) in [6.07, 6.45) is 3.05. The van der Waals surface area contributed by atoms with Crippen LogP contribution in [0.15, 0.2) is 41.9 Å². The van der Waals surface area contributed by atoms with Crippen LogP contribution in [0.25, 0.3) is 27.6 Å². The Kier molecular flexibility index (Phi) is 4.34. The molecule has 35 heavy (non-hydrogen) atoms. The molecule has 0 atom stereocenters. The second-order valence-corrected chi connectivity index (χ2v) is 10.2. The summed E-state index contributed by atoms with van der Waals surface area (Å²) >= 11 is 1.52. The Morgan fingerprint density at radius 1 is 1.31 bits per heavy atom.